The van der Waals surface area contributed by atoms with Gasteiger partial charge in [-0.3, -0.25) is 4.98 Å². The molecule has 0 aliphatic rings. The van der Waals surface area contributed by atoms with Crippen molar-refractivity contribution in [1.29, 1.82) is 0 Å². The van der Waals surface area contributed by atoms with Gasteiger partial charge >= 0.3 is 5.97 Å². The van der Waals surface area contributed by atoms with Gasteiger partial charge < -0.3 is 5.11 Å². The van der Waals surface area contributed by atoms with Crippen LogP contribution in [-0.4, -0.2) is 16.1 Å². The third kappa shape index (κ3) is 3.52. The molecule has 1 N–H and O–H groups in total. The Balaban J connectivity index is 2.10. The summed E-state index contributed by atoms with van der Waals surface area (Å²) in [7, 11) is 0. The Hall–Kier alpha value is -3.15. The van der Waals surface area contributed by atoms with E-state index in [1.54, 1.807) is 6.07 Å². The number of nitrogens with zero attached hydrogens (tertiary/aromatic N) is 1. The molecule has 0 aliphatic carbocycles. The van der Waals surface area contributed by atoms with Crippen LogP contribution in [0.15, 0.2) is 54.6 Å². The predicted octanol–water partition coefficient (Wildman–Crippen LogP) is 4.45. The molecule has 25 heavy (non-hydrogen) atoms. The van der Waals surface area contributed by atoms with E-state index in [-0.39, 0.29) is 34.5 Å². The number of aromatic carboxylic acids is 1. The third-order valence-corrected chi connectivity index (χ3v) is 3.72. The van der Waals surface area contributed by atoms with Gasteiger partial charge in [-0.05, 0) is 48.0 Å². The molecule has 0 atom stereocenters. The number of carbonyl (C=O) groups is 1. The molecule has 0 fully saturated rings. The summed E-state index contributed by atoms with van der Waals surface area (Å²) in [6.45, 7) is 0. The Bertz CT molecular complexity index is 957. The van der Waals surface area contributed by atoms with Crippen LogP contribution in [0.3, 0.4) is 0 Å². The van der Waals surface area contributed by atoms with Gasteiger partial charge in [0.25, 0.3) is 0 Å². The second-order valence-corrected chi connectivity index (χ2v) is 5.39. The van der Waals surface area contributed by atoms with Gasteiger partial charge in [-0.15, -0.1) is 0 Å². The van der Waals surface area contributed by atoms with Crippen LogP contribution in [0.25, 0.3) is 11.3 Å². The fourth-order valence-corrected chi connectivity index (χ4v) is 2.51. The molecule has 0 aliphatic heterocycles. The van der Waals surface area contributed by atoms with Crippen LogP contribution in [-0.2, 0) is 6.42 Å². The number of rotatable bonds is 4. The monoisotopic (exact) mass is 343 g/mol. The molecule has 3 rings (SSSR count). The zero-order valence-electron chi connectivity index (χ0n) is 12.8. The minimum absolute atomic E-state index is 0.0257. The smallest absolute Gasteiger partial charge is 0.337 e. The first-order valence-corrected chi connectivity index (χ1v) is 7.38. The third-order valence-electron chi connectivity index (χ3n) is 3.72. The molecule has 1 heterocycles. The zero-order chi connectivity index (χ0) is 18.0. The number of carboxylic acid groups (broad SMARTS) is 1. The highest BCUT2D eigenvalue weighted by Crippen LogP contribution is 2.24. The highest BCUT2D eigenvalue weighted by molar-refractivity contribution is 5.89. The van der Waals surface area contributed by atoms with Crippen LogP contribution >= 0.6 is 0 Å². The predicted molar refractivity (Wildman–Crippen MR) is 85.8 cm³/mol. The molecule has 0 spiro atoms. The molecular weight excluding hydrogens is 331 g/mol. The van der Waals surface area contributed by atoms with E-state index in [1.165, 1.54) is 30.3 Å². The molecule has 0 radical (unpaired) electrons. The minimum Gasteiger partial charge on any atom is -0.478 e. The Morgan fingerprint density at radius 2 is 1.72 bits per heavy atom. The molecule has 0 amide bonds. The van der Waals surface area contributed by atoms with Crippen LogP contribution in [0.1, 0.15) is 21.6 Å². The fraction of sp³-hybridized carbons (Fsp3) is 0.0526. The van der Waals surface area contributed by atoms with Gasteiger partial charge in [-0.25, -0.2) is 18.0 Å². The number of pyridine rings is 1. The molecule has 1 aromatic heterocycles. The topological polar surface area (TPSA) is 50.2 Å². The zero-order valence-corrected chi connectivity index (χ0v) is 12.8. The van der Waals surface area contributed by atoms with Gasteiger partial charge in [-0.2, -0.15) is 0 Å². The Labute approximate surface area is 141 Å². The summed E-state index contributed by atoms with van der Waals surface area (Å²) < 4.78 is 41.2. The maximum absolute atomic E-state index is 13.9. The van der Waals surface area contributed by atoms with Gasteiger partial charge in [0.1, 0.15) is 17.5 Å². The summed E-state index contributed by atoms with van der Waals surface area (Å²) in [6.07, 6.45) is -0.229. The average molecular weight is 343 g/mol. The van der Waals surface area contributed by atoms with Crippen molar-refractivity contribution in [3.05, 3.63) is 88.9 Å². The van der Waals surface area contributed by atoms with E-state index in [4.69, 9.17) is 0 Å². The maximum atomic E-state index is 13.9. The molecule has 2 aromatic carbocycles. The van der Waals surface area contributed by atoms with Crippen LogP contribution in [0.5, 0.6) is 0 Å². The van der Waals surface area contributed by atoms with E-state index in [0.29, 0.717) is 0 Å². The molecule has 0 saturated carbocycles. The first-order chi connectivity index (χ1) is 12.0. The normalized spacial score (nSPS) is 10.7. The first kappa shape index (κ1) is 16.7. The molecule has 0 saturated heterocycles. The van der Waals surface area contributed by atoms with Crippen molar-refractivity contribution in [2.45, 2.75) is 6.42 Å². The second kappa shape index (κ2) is 6.76. The van der Waals surface area contributed by atoms with E-state index in [9.17, 15) is 23.1 Å². The first-order valence-electron chi connectivity index (χ1n) is 7.38. The van der Waals surface area contributed by atoms with Crippen molar-refractivity contribution >= 4 is 5.97 Å². The highest BCUT2D eigenvalue weighted by atomic mass is 19.1. The molecule has 3 nitrogen and oxygen atoms in total. The van der Waals surface area contributed by atoms with E-state index in [0.717, 1.165) is 18.2 Å². The second-order valence-electron chi connectivity index (χ2n) is 5.39. The number of carboxylic acids is 1. The lowest BCUT2D eigenvalue weighted by molar-refractivity contribution is 0.0695. The minimum atomic E-state index is -1.25. The quantitative estimate of drug-likeness (QED) is 0.761. The lowest BCUT2D eigenvalue weighted by Crippen LogP contribution is -2.08. The highest BCUT2D eigenvalue weighted by Gasteiger charge is 2.17. The summed E-state index contributed by atoms with van der Waals surface area (Å²) >= 11 is 0. The summed E-state index contributed by atoms with van der Waals surface area (Å²) in [5.74, 6) is -3.07. The lowest BCUT2D eigenvalue weighted by Gasteiger charge is -2.10. The van der Waals surface area contributed by atoms with Crippen molar-refractivity contribution < 1.29 is 23.1 Å². The van der Waals surface area contributed by atoms with Crippen LogP contribution in [0.4, 0.5) is 13.2 Å². The Morgan fingerprint density at radius 3 is 2.44 bits per heavy atom. The summed E-state index contributed by atoms with van der Waals surface area (Å²) in [4.78, 5) is 15.6. The molecule has 0 unspecified atom stereocenters. The van der Waals surface area contributed by atoms with Gasteiger partial charge in [0, 0.05) is 12.0 Å². The molecule has 126 valence electrons. The van der Waals surface area contributed by atoms with Crippen molar-refractivity contribution in [3.8, 4) is 11.3 Å². The maximum Gasteiger partial charge on any atom is 0.337 e. The Kier molecular flexibility index (Phi) is 4.52. The lowest BCUT2D eigenvalue weighted by atomic mass is 10.0. The van der Waals surface area contributed by atoms with Crippen molar-refractivity contribution in [3.63, 3.8) is 0 Å². The van der Waals surface area contributed by atoms with Gasteiger partial charge in [-0.1, -0.05) is 12.1 Å². The number of benzene rings is 2. The van der Waals surface area contributed by atoms with Crippen LogP contribution in [0.2, 0.25) is 0 Å². The number of hydrogen-bond donors (Lipinski definition) is 1. The Morgan fingerprint density at radius 1 is 0.960 bits per heavy atom. The van der Waals surface area contributed by atoms with Crippen LogP contribution < -0.4 is 0 Å². The summed E-state index contributed by atoms with van der Waals surface area (Å²) in [6, 6.07) is 11.5. The summed E-state index contributed by atoms with van der Waals surface area (Å²) in [5, 5.41) is 9.30. The number of halogens is 3. The van der Waals surface area contributed by atoms with Gasteiger partial charge in [0.05, 0.1) is 17.0 Å². The van der Waals surface area contributed by atoms with E-state index in [1.807, 2.05) is 0 Å². The summed E-state index contributed by atoms with van der Waals surface area (Å²) in [5.41, 5.74) is 0.262. The van der Waals surface area contributed by atoms with E-state index in [2.05, 4.69) is 4.98 Å². The van der Waals surface area contributed by atoms with Gasteiger partial charge in [0.15, 0.2) is 0 Å². The van der Waals surface area contributed by atoms with Crippen molar-refractivity contribution in [2.24, 2.45) is 0 Å². The standard InChI is InChI=1S/C19H12F3NO2/c20-12-5-7-15(21)11(9-12)10-18-14(19(24)25)6-8-17(23-18)13-3-1-2-4-16(13)22/h1-9H,10H2,(H,24,25). The van der Waals surface area contributed by atoms with Crippen molar-refractivity contribution in [2.75, 3.05) is 0 Å². The molecule has 3 aromatic rings. The SMILES string of the molecule is O=C(O)c1ccc(-c2ccccc2F)nc1Cc1cc(F)ccc1F. The number of hydrogen-bond acceptors (Lipinski definition) is 2. The molecule has 6 heteroatoms. The van der Waals surface area contributed by atoms with Crippen molar-refractivity contribution in [1.82, 2.24) is 4.98 Å². The van der Waals surface area contributed by atoms with E-state index < -0.39 is 23.4 Å². The fourth-order valence-electron chi connectivity index (χ4n) is 2.51. The van der Waals surface area contributed by atoms with Crippen LogP contribution in [0, 0.1) is 17.5 Å². The molecular formula is C19H12F3NO2. The average Bonchev–Trinajstić information content (AvgIpc) is 2.58. The number of aromatic nitrogens is 1. The van der Waals surface area contributed by atoms with E-state index >= 15 is 0 Å². The largest absolute Gasteiger partial charge is 0.478 e. The van der Waals surface area contributed by atoms with Gasteiger partial charge in [0.2, 0.25) is 0 Å². The molecule has 0 bridgehead atoms.